The number of hydrogen-bond acceptors (Lipinski definition) is 9. The van der Waals surface area contributed by atoms with Gasteiger partial charge in [0.15, 0.2) is 5.78 Å². The van der Waals surface area contributed by atoms with E-state index >= 15 is 0 Å². The number of ether oxygens (including phenoxy) is 2. The predicted molar refractivity (Wildman–Crippen MR) is 165 cm³/mol. The van der Waals surface area contributed by atoms with Crippen LogP contribution in [0.3, 0.4) is 0 Å². The highest BCUT2D eigenvalue weighted by Crippen LogP contribution is 2.59. The van der Waals surface area contributed by atoms with Crippen molar-refractivity contribution < 1.29 is 23.9 Å². The Labute approximate surface area is 262 Å². The second-order valence-corrected chi connectivity index (χ2v) is 12.2. The third-order valence-corrected chi connectivity index (χ3v) is 8.80. The molecule has 44 heavy (non-hydrogen) atoms. The fraction of sp³-hybridized carbons (Fsp3) is 0.387. The molecular weight excluding hydrogens is 630 g/mol. The van der Waals surface area contributed by atoms with E-state index in [9.17, 15) is 14.4 Å². The maximum absolute atomic E-state index is 14.1. The number of fused-ring (bicyclic) bond motifs is 2. The number of pyridine rings is 1. The van der Waals surface area contributed by atoms with Gasteiger partial charge in [0.1, 0.15) is 34.5 Å². The molecule has 13 heteroatoms. The maximum Gasteiger partial charge on any atom is 0.248 e. The molecule has 2 fully saturated rings. The third-order valence-electron chi connectivity index (χ3n) is 8.36. The van der Waals surface area contributed by atoms with Crippen molar-refractivity contribution in [2.24, 2.45) is 5.41 Å². The lowest BCUT2D eigenvalue weighted by molar-refractivity contribution is -0.138. The van der Waals surface area contributed by atoms with Gasteiger partial charge < -0.3 is 19.7 Å². The summed E-state index contributed by atoms with van der Waals surface area (Å²) in [6.45, 7) is 3.77. The highest BCUT2D eigenvalue weighted by atomic mass is 79.9. The number of anilines is 1. The monoisotopic (exact) mass is 661 g/mol. The van der Waals surface area contributed by atoms with E-state index in [4.69, 9.17) is 9.47 Å². The Morgan fingerprint density at radius 3 is 2.55 bits per heavy atom. The predicted octanol–water partition coefficient (Wildman–Crippen LogP) is 3.95. The van der Waals surface area contributed by atoms with Gasteiger partial charge in [-0.15, -0.1) is 0 Å². The average molecular weight is 663 g/mol. The van der Waals surface area contributed by atoms with Crippen LogP contribution in [0.1, 0.15) is 41.6 Å². The van der Waals surface area contributed by atoms with E-state index in [0.29, 0.717) is 40.2 Å². The molecule has 2 unspecified atom stereocenters. The van der Waals surface area contributed by atoms with Gasteiger partial charge in [-0.05, 0) is 65.5 Å². The fourth-order valence-electron chi connectivity index (χ4n) is 6.36. The second-order valence-electron chi connectivity index (χ2n) is 11.4. The van der Waals surface area contributed by atoms with E-state index in [-0.39, 0.29) is 47.9 Å². The van der Waals surface area contributed by atoms with Gasteiger partial charge in [-0.25, -0.2) is 15.0 Å². The van der Waals surface area contributed by atoms with Crippen molar-refractivity contribution in [3.8, 4) is 11.1 Å². The number of hydrogen-bond donors (Lipinski definition) is 1. The average Bonchev–Trinajstić information content (AvgIpc) is 3.38. The topological polar surface area (TPSA) is 141 Å². The van der Waals surface area contributed by atoms with E-state index in [0.717, 1.165) is 23.1 Å². The first-order valence-electron chi connectivity index (χ1n) is 14.2. The van der Waals surface area contributed by atoms with Gasteiger partial charge in [0.25, 0.3) is 0 Å². The van der Waals surface area contributed by atoms with E-state index in [2.05, 4.69) is 41.3 Å². The minimum atomic E-state index is -0.710. The normalized spacial score (nSPS) is 20.5. The van der Waals surface area contributed by atoms with Crippen molar-refractivity contribution in [3.05, 3.63) is 64.4 Å². The number of rotatable bonds is 10. The van der Waals surface area contributed by atoms with Gasteiger partial charge in [0, 0.05) is 61.5 Å². The van der Waals surface area contributed by atoms with Gasteiger partial charge in [-0.3, -0.25) is 19.1 Å². The van der Waals surface area contributed by atoms with Crippen molar-refractivity contribution in [2.75, 3.05) is 26.1 Å². The zero-order chi connectivity index (χ0) is 31.2. The number of benzene rings is 1. The quantitative estimate of drug-likeness (QED) is 0.197. The van der Waals surface area contributed by atoms with Gasteiger partial charge in [-0.2, -0.15) is 5.10 Å². The van der Waals surface area contributed by atoms with E-state index in [1.807, 2.05) is 19.1 Å². The molecule has 0 radical (unpaired) electrons. The zero-order valence-corrected chi connectivity index (χ0v) is 26.4. The number of aromatic nitrogens is 5. The van der Waals surface area contributed by atoms with Crippen LogP contribution in [-0.2, 0) is 32.2 Å². The lowest BCUT2D eigenvalue weighted by atomic mass is 10.00. The van der Waals surface area contributed by atoms with E-state index < -0.39 is 6.04 Å². The lowest BCUT2D eigenvalue weighted by Gasteiger charge is -2.27. The summed E-state index contributed by atoms with van der Waals surface area (Å²) in [5.41, 5.74) is 2.93. The lowest BCUT2D eigenvalue weighted by Crippen LogP contribution is -2.46. The molecular formula is C31H32BrN7O5. The van der Waals surface area contributed by atoms with Gasteiger partial charge in [-0.1, -0.05) is 6.07 Å². The first-order valence-corrected chi connectivity index (χ1v) is 15.0. The number of halogens is 1. The Hall–Kier alpha value is -4.07. The van der Waals surface area contributed by atoms with Gasteiger partial charge in [0.2, 0.25) is 11.8 Å². The van der Waals surface area contributed by atoms with Crippen LogP contribution in [0.4, 0.5) is 5.82 Å². The Morgan fingerprint density at radius 2 is 1.86 bits per heavy atom. The van der Waals surface area contributed by atoms with Crippen molar-refractivity contribution in [1.29, 1.82) is 0 Å². The highest BCUT2D eigenvalue weighted by Gasteiger charge is 2.67. The molecule has 3 aromatic heterocycles. The number of nitrogens with one attached hydrogen (secondary N) is 1. The molecule has 4 heterocycles. The molecule has 2 amide bonds. The molecule has 1 aliphatic carbocycles. The molecule has 3 atom stereocenters. The molecule has 1 saturated heterocycles. The Bertz CT molecular complexity index is 1780. The molecule has 2 aliphatic rings. The molecule has 1 aliphatic heterocycles. The molecule has 0 bridgehead atoms. The number of carbonyl (C=O) groups is 3. The van der Waals surface area contributed by atoms with Crippen LogP contribution in [0, 0.1) is 12.3 Å². The summed E-state index contributed by atoms with van der Waals surface area (Å²) in [5.74, 6) is 0.220. The number of nitrogens with zero attached hydrogens (tertiary/aromatic N) is 6. The summed E-state index contributed by atoms with van der Waals surface area (Å²) in [5, 5.41) is 8.09. The standard InChI is InChI=1S/C31H32BrN7O5/c1-17(40)28-22-9-19(21-12-33-18(2)34-13-21)8-20(15-43-3)29(22)38(37-28)14-27(41)39-23(10-31(16-44-4)11-24(31)39)30(42)36-26-7-5-6-25(32)35-26/h5-9,12-13,23-24H,10-11,14-16H2,1-4H3,(H,35,36,42)/t23-,24?,31?/m0/s1. The molecule has 1 N–H and O–H groups in total. The van der Waals surface area contributed by atoms with Crippen LogP contribution >= 0.6 is 15.9 Å². The minimum absolute atomic E-state index is 0.137. The molecule has 1 aromatic carbocycles. The van der Waals surface area contributed by atoms with E-state index in [1.54, 1.807) is 54.4 Å². The van der Waals surface area contributed by atoms with Crippen molar-refractivity contribution in [2.45, 2.75) is 51.9 Å². The number of methoxy groups -OCH3 is 2. The van der Waals surface area contributed by atoms with Crippen molar-refractivity contribution >= 4 is 50.2 Å². The van der Waals surface area contributed by atoms with Crippen LogP contribution < -0.4 is 5.32 Å². The summed E-state index contributed by atoms with van der Waals surface area (Å²) in [6.07, 6.45) is 4.69. The largest absolute Gasteiger partial charge is 0.384 e. The molecule has 12 nitrogen and oxygen atoms in total. The number of Topliss-reactive ketones (excluding diaryl/α,β-unsaturated/α-hetero) is 1. The molecule has 0 spiro atoms. The summed E-state index contributed by atoms with van der Waals surface area (Å²) in [6, 6.07) is 8.20. The zero-order valence-electron chi connectivity index (χ0n) is 24.8. The highest BCUT2D eigenvalue weighted by molar-refractivity contribution is 9.10. The number of carbonyl (C=O) groups excluding carboxylic acids is 3. The van der Waals surface area contributed by atoms with Crippen molar-refractivity contribution in [3.63, 3.8) is 0 Å². The number of amides is 2. The number of piperidine rings is 1. The Kier molecular flexibility index (Phi) is 8.03. The van der Waals surface area contributed by atoms with Crippen molar-refractivity contribution in [1.82, 2.24) is 29.6 Å². The summed E-state index contributed by atoms with van der Waals surface area (Å²) < 4.78 is 13.2. The van der Waals surface area contributed by atoms with Gasteiger partial charge >= 0.3 is 0 Å². The smallest absolute Gasteiger partial charge is 0.248 e. The summed E-state index contributed by atoms with van der Waals surface area (Å²) in [4.78, 5) is 55.1. The molecule has 228 valence electrons. The number of aryl methyl sites for hydroxylation is 1. The summed E-state index contributed by atoms with van der Waals surface area (Å²) in [7, 11) is 3.21. The van der Waals surface area contributed by atoms with Crippen LogP contribution in [-0.4, -0.2) is 80.1 Å². The Balaban J connectivity index is 1.36. The SMILES string of the molecule is COCc1cc(-c2cnc(C)nc2)cc2c(C(C)=O)nn(CC(=O)N3C4CC4(COC)C[C@H]3C(=O)Nc3cccc(Br)n3)c12. The fourth-order valence-corrected chi connectivity index (χ4v) is 6.70. The van der Waals surface area contributed by atoms with Crippen LogP contribution in [0.15, 0.2) is 47.3 Å². The molecule has 6 rings (SSSR count). The molecule has 4 aromatic rings. The Morgan fingerprint density at radius 1 is 1.09 bits per heavy atom. The third kappa shape index (κ3) is 5.51. The first kappa shape index (κ1) is 30.0. The molecule has 1 saturated carbocycles. The maximum atomic E-state index is 14.1. The van der Waals surface area contributed by atoms with Crippen LogP contribution in [0.2, 0.25) is 0 Å². The van der Waals surface area contributed by atoms with Crippen LogP contribution in [0.25, 0.3) is 22.0 Å². The number of likely N-dealkylation sites (tertiary alicyclic amines) is 1. The number of ketones is 1. The summed E-state index contributed by atoms with van der Waals surface area (Å²) >= 11 is 3.33. The first-order chi connectivity index (χ1) is 21.1. The van der Waals surface area contributed by atoms with Gasteiger partial charge in [0.05, 0.1) is 18.7 Å². The minimum Gasteiger partial charge on any atom is -0.384 e. The van der Waals surface area contributed by atoms with Crippen LogP contribution in [0.5, 0.6) is 0 Å². The van der Waals surface area contributed by atoms with E-state index in [1.165, 1.54) is 6.92 Å². The second kappa shape index (κ2) is 11.8.